The molecule has 0 aromatic heterocycles. The number of nitriles is 1. The van der Waals surface area contributed by atoms with Crippen molar-refractivity contribution in [2.75, 3.05) is 32.7 Å². The molecule has 3 rings (SSSR count). The van der Waals surface area contributed by atoms with Gasteiger partial charge in [-0.05, 0) is 30.5 Å². The highest BCUT2D eigenvalue weighted by atomic mass is 32.2. The second-order valence-corrected chi connectivity index (χ2v) is 9.69. The highest BCUT2D eigenvalue weighted by molar-refractivity contribution is 7.89. The Balaban J connectivity index is 1.55. The molecule has 7 nitrogen and oxygen atoms in total. The van der Waals surface area contributed by atoms with Gasteiger partial charge in [0.1, 0.15) is 6.07 Å². The number of sulfonamides is 1. The molecule has 2 aromatic rings. The normalized spacial score (nSPS) is 17.5. The van der Waals surface area contributed by atoms with Gasteiger partial charge in [-0.1, -0.05) is 49.4 Å². The van der Waals surface area contributed by atoms with Crippen molar-refractivity contribution in [3.63, 3.8) is 0 Å². The van der Waals surface area contributed by atoms with Crippen molar-refractivity contribution in [3.05, 3.63) is 65.7 Å². The summed E-state index contributed by atoms with van der Waals surface area (Å²) in [5, 5.41) is 12.2. The molecule has 0 aliphatic carbocycles. The lowest BCUT2D eigenvalue weighted by Crippen LogP contribution is -2.55. The fourth-order valence-electron chi connectivity index (χ4n) is 3.72. The standard InChI is InChI=1S/C23H28N4O3S/c1-18(20-8-4-3-5-9-20)17-25-23(28)19(2)26-12-14-27(15-13-26)31(29,30)22-11-7-6-10-21(22)16-24/h3-11,18-19H,12-15,17H2,1-2H3,(H,25,28)/t18-,19-/m0/s1. The molecule has 0 spiro atoms. The van der Waals surface area contributed by atoms with Gasteiger partial charge in [0.25, 0.3) is 0 Å². The zero-order valence-electron chi connectivity index (χ0n) is 17.9. The minimum absolute atomic E-state index is 0.0339. The zero-order valence-corrected chi connectivity index (χ0v) is 18.7. The van der Waals surface area contributed by atoms with E-state index in [1.165, 1.54) is 22.0 Å². The molecule has 1 amide bonds. The Bertz CT molecular complexity index is 1040. The first-order valence-corrected chi connectivity index (χ1v) is 11.8. The number of amides is 1. The van der Waals surface area contributed by atoms with Gasteiger partial charge in [-0.3, -0.25) is 9.69 Å². The van der Waals surface area contributed by atoms with Gasteiger partial charge in [0.15, 0.2) is 0 Å². The van der Waals surface area contributed by atoms with Gasteiger partial charge in [0.05, 0.1) is 16.5 Å². The summed E-state index contributed by atoms with van der Waals surface area (Å²) >= 11 is 0. The third kappa shape index (κ3) is 5.31. The number of piperazine rings is 1. The van der Waals surface area contributed by atoms with Crippen molar-refractivity contribution in [3.8, 4) is 6.07 Å². The highest BCUT2D eigenvalue weighted by Crippen LogP contribution is 2.21. The van der Waals surface area contributed by atoms with E-state index in [2.05, 4.69) is 12.2 Å². The molecule has 1 heterocycles. The van der Waals surface area contributed by atoms with E-state index in [9.17, 15) is 18.5 Å². The monoisotopic (exact) mass is 440 g/mol. The van der Waals surface area contributed by atoms with Gasteiger partial charge in [0.2, 0.25) is 15.9 Å². The smallest absolute Gasteiger partial charge is 0.244 e. The van der Waals surface area contributed by atoms with Crippen LogP contribution >= 0.6 is 0 Å². The quantitative estimate of drug-likeness (QED) is 0.712. The summed E-state index contributed by atoms with van der Waals surface area (Å²) in [5.41, 5.74) is 1.32. The van der Waals surface area contributed by atoms with Crippen LogP contribution in [0.3, 0.4) is 0 Å². The maximum absolute atomic E-state index is 13.0. The number of carbonyl (C=O) groups excluding carboxylic acids is 1. The average Bonchev–Trinajstić information content (AvgIpc) is 2.82. The molecule has 2 aromatic carbocycles. The van der Waals surface area contributed by atoms with Crippen LogP contribution in [-0.2, 0) is 14.8 Å². The molecule has 2 atom stereocenters. The molecule has 0 radical (unpaired) electrons. The Hall–Kier alpha value is -2.73. The Morgan fingerprint density at radius 1 is 1.03 bits per heavy atom. The van der Waals surface area contributed by atoms with E-state index in [-0.39, 0.29) is 41.4 Å². The van der Waals surface area contributed by atoms with Crippen LogP contribution < -0.4 is 5.32 Å². The minimum Gasteiger partial charge on any atom is -0.354 e. The summed E-state index contributed by atoms with van der Waals surface area (Å²) in [5.74, 6) is 0.147. The number of nitrogens with zero attached hydrogens (tertiary/aromatic N) is 3. The summed E-state index contributed by atoms with van der Waals surface area (Å²) in [7, 11) is -3.74. The Morgan fingerprint density at radius 3 is 2.29 bits per heavy atom. The fraction of sp³-hybridized carbons (Fsp3) is 0.391. The number of hydrogen-bond acceptors (Lipinski definition) is 5. The molecule has 1 fully saturated rings. The van der Waals surface area contributed by atoms with Gasteiger partial charge in [0, 0.05) is 32.7 Å². The third-order valence-electron chi connectivity index (χ3n) is 5.78. The lowest BCUT2D eigenvalue weighted by atomic mass is 10.0. The van der Waals surface area contributed by atoms with Crippen molar-refractivity contribution in [1.29, 1.82) is 5.26 Å². The highest BCUT2D eigenvalue weighted by Gasteiger charge is 2.32. The molecule has 1 N–H and O–H groups in total. The van der Waals surface area contributed by atoms with E-state index in [1.54, 1.807) is 12.1 Å². The minimum atomic E-state index is -3.74. The molecule has 31 heavy (non-hydrogen) atoms. The third-order valence-corrected chi connectivity index (χ3v) is 7.73. The Labute approximate surface area is 184 Å². The van der Waals surface area contributed by atoms with Crippen LogP contribution in [-0.4, -0.2) is 62.3 Å². The van der Waals surface area contributed by atoms with E-state index in [1.807, 2.05) is 48.2 Å². The molecule has 0 unspecified atom stereocenters. The molecule has 1 aliphatic heterocycles. The van der Waals surface area contributed by atoms with Crippen LogP contribution in [0.25, 0.3) is 0 Å². The van der Waals surface area contributed by atoms with E-state index in [0.29, 0.717) is 19.6 Å². The van der Waals surface area contributed by atoms with Crippen molar-refractivity contribution in [2.45, 2.75) is 30.7 Å². The van der Waals surface area contributed by atoms with Crippen LogP contribution in [0.1, 0.15) is 30.9 Å². The summed E-state index contributed by atoms with van der Waals surface area (Å²) in [6, 6.07) is 17.9. The maximum atomic E-state index is 13.0. The molecular weight excluding hydrogens is 412 g/mol. The summed E-state index contributed by atoms with van der Waals surface area (Å²) in [6.45, 7) is 5.93. The molecule has 1 aliphatic rings. The molecular formula is C23H28N4O3S. The van der Waals surface area contributed by atoms with Crippen LogP contribution in [0, 0.1) is 11.3 Å². The van der Waals surface area contributed by atoms with E-state index in [4.69, 9.17) is 0 Å². The van der Waals surface area contributed by atoms with Crippen molar-refractivity contribution < 1.29 is 13.2 Å². The van der Waals surface area contributed by atoms with Crippen LogP contribution in [0.5, 0.6) is 0 Å². The summed E-state index contributed by atoms with van der Waals surface area (Å²) < 4.78 is 27.3. The average molecular weight is 441 g/mol. The number of rotatable bonds is 7. The number of nitrogens with one attached hydrogen (secondary N) is 1. The zero-order chi connectivity index (χ0) is 22.4. The second kappa shape index (κ2) is 10.1. The lowest BCUT2D eigenvalue weighted by Gasteiger charge is -2.36. The van der Waals surface area contributed by atoms with Crippen molar-refractivity contribution >= 4 is 15.9 Å². The lowest BCUT2D eigenvalue weighted by molar-refractivity contribution is -0.126. The number of benzene rings is 2. The maximum Gasteiger partial charge on any atom is 0.244 e. The van der Waals surface area contributed by atoms with Crippen LogP contribution in [0.4, 0.5) is 0 Å². The van der Waals surface area contributed by atoms with E-state index < -0.39 is 10.0 Å². The Morgan fingerprint density at radius 2 is 1.65 bits per heavy atom. The van der Waals surface area contributed by atoms with Crippen molar-refractivity contribution in [1.82, 2.24) is 14.5 Å². The van der Waals surface area contributed by atoms with Crippen molar-refractivity contribution in [2.24, 2.45) is 0 Å². The molecule has 0 bridgehead atoms. The number of hydrogen-bond donors (Lipinski definition) is 1. The molecule has 1 saturated heterocycles. The molecule has 0 saturated carbocycles. The SMILES string of the molecule is C[C@@H](CNC(=O)[C@H](C)N1CCN(S(=O)(=O)c2ccccc2C#N)CC1)c1ccccc1. The van der Waals surface area contributed by atoms with Gasteiger partial charge in [-0.15, -0.1) is 0 Å². The first kappa shape index (κ1) is 22.9. The van der Waals surface area contributed by atoms with Gasteiger partial charge in [-0.25, -0.2) is 8.42 Å². The Kier molecular flexibility index (Phi) is 7.44. The van der Waals surface area contributed by atoms with Gasteiger partial charge >= 0.3 is 0 Å². The largest absolute Gasteiger partial charge is 0.354 e. The number of carbonyl (C=O) groups is 1. The topological polar surface area (TPSA) is 93.5 Å². The molecule has 8 heteroatoms. The van der Waals surface area contributed by atoms with E-state index >= 15 is 0 Å². The summed E-state index contributed by atoms with van der Waals surface area (Å²) in [6.07, 6.45) is 0. The summed E-state index contributed by atoms with van der Waals surface area (Å²) in [4.78, 5) is 14.7. The predicted octanol–water partition coefficient (Wildman–Crippen LogP) is 2.17. The van der Waals surface area contributed by atoms with E-state index in [0.717, 1.165) is 0 Å². The van der Waals surface area contributed by atoms with Crippen LogP contribution in [0.15, 0.2) is 59.5 Å². The fourth-order valence-corrected chi connectivity index (χ4v) is 5.29. The van der Waals surface area contributed by atoms with Gasteiger partial charge < -0.3 is 5.32 Å². The molecule has 164 valence electrons. The van der Waals surface area contributed by atoms with Gasteiger partial charge in [-0.2, -0.15) is 9.57 Å². The predicted molar refractivity (Wildman–Crippen MR) is 119 cm³/mol. The second-order valence-electron chi connectivity index (χ2n) is 7.78. The first-order valence-electron chi connectivity index (χ1n) is 10.4. The van der Waals surface area contributed by atoms with Crippen LogP contribution in [0.2, 0.25) is 0 Å². The first-order chi connectivity index (χ1) is 14.8.